The molecule has 6 nitrogen and oxygen atoms in total. The number of hydrogen-bond acceptors (Lipinski definition) is 6. The predicted molar refractivity (Wildman–Crippen MR) is 124 cm³/mol. The zero-order valence-electron chi connectivity index (χ0n) is 16.3. The highest BCUT2D eigenvalue weighted by molar-refractivity contribution is 9.10. The molecule has 3 aromatic rings. The van der Waals surface area contributed by atoms with Crippen molar-refractivity contribution in [1.82, 2.24) is 0 Å². The monoisotopic (exact) mass is 521 g/mol. The molecular weight excluding hydrogens is 506 g/mol. The molecule has 1 heterocycles. The smallest absolute Gasteiger partial charge is 0.341 e. The van der Waals surface area contributed by atoms with Gasteiger partial charge in [0.2, 0.25) is 0 Å². The van der Waals surface area contributed by atoms with Gasteiger partial charge in [0.05, 0.1) is 12.2 Å². The van der Waals surface area contributed by atoms with Crippen LogP contribution in [0.15, 0.2) is 58.4 Å². The van der Waals surface area contributed by atoms with E-state index in [1.54, 1.807) is 60.8 Å². The second-order valence-corrected chi connectivity index (χ2v) is 8.39. The lowest BCUT2D eigenvalue weighted by Crippen LogP contribution is -2.21. The van der Waals surface area contributed by atoms with Gasteiger partial charge in [0.1, 0.15) is 10.6 Å². The minimum absolute atomic E-state index is 0.175. The van der Waals surface area contributed by atoms with Gasteiger partial charge < -0.3 is 14.8 Å². The Morgan fingerprint density at radius 1 is 1.03 bits per heavy atom. The van der Waals surface area contributed by atoms with Gasteiger partial charge in [-0.15, -0.1) is 11.3 Å². The van der Waals surface area contributed by atoms with E-state index in [9.17, 15) is 14.4 Å². The second-order valence-electron chi connectivity index (χ2n) is 6.19. The van der Waals surface area contributed by atoms with Crippen LogP contribution in [0.3, 0.4) is 0 Å². The fraction of sp³-hybridized carbons (Fsp3) is 0.136. The van der Waals surface area contributed by atoms with Gasteiger partial charge >= 0.3 is 11.9 Å². The lowest BCUT2D eigenvalue weighted by molar-refractivity contribution is -0.119. The van der Waals surface area contributed by atoms with E-state index < -0.39 is 24.5 Å². The number of carbonyl (C=O) groups is 3. The summed E-state index contributed by atoms with van der Waals surface area (Å²) >= 11 is 10.7. The largest absolute Gasteiger partial charge is 0.462 e. The Kier molecular flexibility index (Phi) is 7.84. The first-order valence-electron chi connectivity index (χ1n) is 9.16. The molecule has 0 saturated carbocycles. The summed E-state index contributed by atoms with van der Waals surface area (Å²) in [6, 6.07) is 13.7. The summed E-state index contributed by atoms with van der Waals surface area (Å²) in [6.45, 7) is 1.36. The molecule has 1 aromatic heterocycles. The summed E-state index contributed by atoms with van der Waals surface area (Å²) in [7, 11) is 0. The Morgan fingerprint density at radius 3 is 2.52 bits per heavy atom. The van der Waals surface area contributed by atoms with Crippen molar-refractivity contribution in [3.8, 4) is 11.1 Å². The third-order valence-corrected chi connectivity index (χ3v) is 5.80. The fourth-order valence-corrected chi connectivity index (χ4v) is 4.33. The van der Waals surface area contributed by atoms with Crippen LogP contribution in [0.5, 0.6) is 0 Å². The highest BCUT2D eigenvalue weighted by Gasteiger charge is 2.24. The highest BCUT2D eigenvalue weighted by Crippen LogP contribution is 2.39. The van der Waals surface area contributed by atoms with Gasteiger partial charge in [0, 0.05) is 26.0 Å². The number of anilines is 1. The van der Waals surface area contributed by atoms with Gasteiger partial charge in [-0.1, -0.05) is 51.8 Å². The summed E-state index contributed by atoms with van der Waals surface area (Å²) in [5.41, 5.74) is 1.71. The maximum absolute atomic E-state index is 12.6. The first-order chi connectivity index (χ1) is 14.9. The van der Waals surface area contributed by atoms with Gasteiger partial charge in [-0.05, 0) is 31.2 Å². The first-order valence-corrected chi connectivity index (χ1v) is 11.2. The van der Waals surface area contributed by atoms with Crippen molar-refractivity contribution < 1.29 is 23.9 Å². The van der Waals surface area contributed by atoms with E-state index in [1.807, 2.05) is 0 Å². The summed E-state index contributed by atoms with van der Waals surface area (Å²) in [5, 5.41) is 5.10. The van der Waals surface area contributed by atoms with Crippen molar-refractivity contribution in [2.24, 2.45) is 0 Å². The average molecular weight is 523 g/mol. The molecule has 160 valence electrons. The minimum Gasteiger partial charge on any atom is -0.462 e. The third kappa shape index (κ3) is 5.72. The first kappa shape index (κ1) is 23.0. The molecule has 3 rings (SSSR count). The number of nitrogens with one attached hydrogen (secondary N) is 1. The predicted octanol–water partition coefficient (Wildman–Crippen LogP) is 5.80. The Bertz CT molecular complexity index is 1130. The van der Waals surface area contributed by atoms with Crippen LogP contribution in [0.25, 0.3) is 11.1 Å². The molecule has 31 heavy (non-hydrogen) atoms. The molecule has 0 aliphatic carbocycles. The summed E-state index contributed by atoms with van der Waals surface area (Å²) < 4.78 is 11.0. The van der Waals surface area contributed by atoms with Gasteiger partial charge in [-0.25, -0.2) is 9.59 Å². The van der Waals surface area contributed by atoms with E-state index in [1.165, 1.54) is 0 Å². The van der Waals surface area contributed by atoms with Crippen molar-refractivity contribution in [2.45, 2.75) is 6.92 Å². The van der Waals surface area contributed by atoms with Crippen LogP contribution in [-0.2, 0) is 14.3 Å². The molecule has 9 heteroatoms. The minimum atomic E-state index is -0.634. The number of rotatable bonds is 7. The Balaban J connectivity index is 1.77. The van der Waals surface area contributed by atoms with E-state index in [0.29, 0.717) is 21.7 Å². The van der Waals surface area contributed by atoms with E-state index in [4.69, 9.17) is 21.1 Å². The van der Waals surface area contributed by atoms with Gasteiger partial charge in [-0.2, -0.15) is 0 Å². The quantitative estimate of drug-likeness (QED) is 0.396. The summed E-state index contributed by atoms with van der Waals surface area (Å²) in [6.07, 6.45) is 0. The number of hydrogen-bond donors (Lipinski definition) is 1. The number of benzene rings is 2. The van der Waals surface area contributed by atoms with Gasteiger partial charge in [0.25, 0.3) is 5.91 Å². The van der Waals surface area contributed by atoms with Crippen molar-refractivity contribution in [3.63, 3.8) is 0 Å². The summed E-state index contributed by atoms with van der Waals surface area (Å²) in [4.78, 5) is 37.1. The van der Waals surface area contributed by atoms with E-state index in [2.05, 4.69) is 21.2 Å². The van der Waals surface area contributed by atoms with Crippen LogP contribution in [0.2, 0.25) is 5.02 Å². The normalized spacial score (nSPS) is 10.4. The zero-order valence-corrected chi connectivity index (χ0v) is 19.5. The molecule has 1 N–H and O–H groups in total. The lowest BCUT2D eigenvalue weighted by Gasteiger charge is -2.10. The molecule has 2 aromatic carbocycles. The molecule has 0 saturated heterocycles. The number of thiophene rings is 1. The highest BCUT2D eigenvalue weighted by atomic mass is 79.9. The Morgan fingerprint density at radius 2 is 1.81 bits per heavy atom. The maximum Gasteiger partial charge on any atom is 0.341 e. The molecule has 0 aliphatic rings. The second kappa shape index (κ2) is 10.6. The molecule has 0 spiro atoms. The topological polar surface area (TPSA) is 81.7 Å². The van der Waals surface area contributed by atoms with Crippen molar-refractivity contribution in [2.75, 3.05) is 18.5 Å². The van der Waals surface area contributed by atoms with Crippen LogP contribution in [0.4, 0.5) is 5.00 Å². The molecular formula is C22H17BrClNO5S. The standard InChI is InChI=1S/C22H17BrClNO5S/c1-2-29-22(28)19-16(15-8-3-4-9-17(15)24)12-31-20(19)25-18(26)11-30-21(27)13-6-5-7-14(23)10-13/h3-10,12H,2,11H2,1H3,(H,25,26). The molecule has 0 bridgehead atoms. The van der Waals surface area contributed by atoms with Crippen molar-refractivity contribution in [1.29, 1.82) is 0 Å². The molecule has 0 unspecified atom stereocenters. The van der Waals surface area contributed by atoms with E-state index in [0.717, 1.165) is 15.8 Å². The van der Waals surface area contributed by atoms with Gasteiger partial charge in [0.15, 0.2) is 6.61 Å². The number of esters is 2. The van der Waals surface area contributed by atoms with Crippen molar-refractivity contribution >= 4 is 61.7 Å². The molecule has 0 atom stereocenters. The fourth-order valence-electron chi connectivity index (χ4n) is 2.73. The number of ether oxygens (including phenoxy) is 2. The maximum atomic E-state index is 12.6. The third-order valence-electron chi connectivity index (χ3n) is 4.08. The van der Waals surface area contributed by atoms with Crippen LogP contribution < -0.4 is 5.32 Å². The number of carbonyl (C=O) groups excluding carboxylic acids is 3. The van der Waals surface area contributed by atoms with Crippen LogP contribution in [0.1, 0.15) is 27.6 Å². The Labute approximate surface area is 196 Å². The molecule has 0 aliphatic heterocycles. The number of amides is 1. The van der Waals surface area contributed by atoms with Crippen LogP contribution in [-0.4, -0.2) is 31.1 Å². The average Bonchev–Trinajstić information content (AvgIpc) is 3.15. The molecule has 1 amide bonds. The van der Waals surface area contributed by atoms with Crippen molar-refractivity contribution in [3.05, 3.63) is 74.5 Å². The molecule has 0 radical (unpaired) electrons. The lowest BCUT2D eigenvalue weighted by atomic mass is 10.0. The zero-order chi connectivity index (χ0) is 22.4. The summed E-state index contributed by atoms with van der Waals surface area (Å²) in [5.74, 6) is -1.80. The number of halogens is 2. The van der Waals surface area contributed by atoms with Crippen LogP contribution >= 0.6 is 38.9 Å². The van der Waals surface area contributed by atoms with Gasteiger partial charge in [-0.3, -0.25) is 4.79 Å². The Hall–Kier alpha value is -2.68. The molecule has 0 fully saturated rings. The van der Waals surface area contributed by atoms with E-state index in [-0.39, 0.29) is 17.2 Å². The van der Waals surface area contributed by atoms with Crippen LogP contribution in [0, 0.1) is 0 Å². The SMILES string of the molecule is CCOC(=O)c1c(-c2ccccc2Cl)csc1NC(=O)COC(=O)c1cccc(Br)c1. The van der Waals surface area contributed by atoms with E-state index >= 15 is 0 Å².